The summed E-state index contributed by atoms with van der Waals surface area (Å²) in [6.45, 7) is 5.17. The van der Waals surface area contributed by atoms with E-state index in [4.69, 9.17) is 4.74 Å². The van der Waals surface area contributed by atoms with Gasteiger partial charge in [0.15, 0.2) is 5.82 Å². The minimum Gasteiger partial charge on any atom is -0.383 e. The Balaban J connectivity index is 2.38. The highest BCUT2D eigenvalue weighted by molar-refractivity contribution is 5.57. The van der Waals surface area contributed by atoms with Crippen LogP contribution < -0.4 is 0 Å². The third-order valence-electron chi connectivity index (χ3n) is 2.49. The Hall–Kier alpha value is -1.82. The van der Waals surface area contributed by atoms with E-state index < -0.39 is 0 Å². The first kappa shape index (κ1) is 11.7. The predicted octanol–water partition coefficient (Wildman–Crippen LogP) is 0.998. The van der Waals surface area contributed by atoms with Gasteiger partial charge in [-0.25, -0.2) is 0 Å². The van der Waals surface area contributed by atoms with Gasteiger partial charge in [-0.1, -0.05) is 0 Å². The molecule has 0 amide bonds. The van der Waals surface area contributed by atoms with Crippen LogP contribution in [0.1, 0.15) is 11.4 Å². The number of rotatable bonds is 4. The Morgan fingerprint density at radius 3 is 2.82 bits per heavy atom. The van der Waals surface area contributed by atoms with E-state index >= 15 is 0 Å². The second kappa shape index (κ2) is 5.01. The van der Waals surface area contributed by atoms with Crippen LogP contribution in [0.15, 0.2) is 12.4 Å². The van der Waals surface area contributed by atoms with E-state index in [0.717, 1.165) is 29.3 Å². The van der Waals surface area contributed by atoms with Crippen molar-refractivity contribution in [2.45, 2.75) is 20.4 Å². The lowest BCUT2D eigenvalue weighted by Crippen LogP contribution is -2.06. The van der Waals surface area contributed by atoms with Crippen molar-refractivity contribution in [3.63, 3.8) is 0 Å². The second-order valence-corrected chi connectivity index (χ2v) is 3.83. The van der Waals surface area contributed by atoms with Crippen LogP contribution in [0.3, 0.4) is 0 Å². The smallest absolute Gasteiger partial charge is 0.165 e. The van der Waals surface area contributed by atoms with Gasteiger partial charge in [-0.3, -0.25) is 0 Å². The molecule has 0 atom stereocenters. The topological polar surface area (TPSA) is 65.7 Å². The third-order valence-corrected chi connectivity index (χ3v) is 2.49. The Labute approximate surface area is 99.7 Å². The molecule has 6 nitrogen and oxygen atoms in total. The van der Waals surface area contributed by atoms with Crippen molar-refractivity contribution >= 4 is 0 Å². The summed E-state index contributed by atoms with van der Waals surface area (Å²) in [5.41, 5.74) is 2.68. The quantitative estimate of drug-likeness (QED) is 0.788. The predicted molar refractivity (Wildman–Crippen MR) is 62.4 cm³/mol. The van der Waals surface area contributed by atoms with Gasteiger partial charge in [0.2, 0.25) is 0 Å². The van der Waals surface area contributed by atoms with E-state index in [2.05, 4.69) is 20.4 Å². The fraction of sp³-hybridized carbons (Fsp3) is 0.455. The van der Waals surface area contributed by atoms with Crippen molar-refractivity contribution in [2.24, 2.45) is 0 Å². The van der Waals surface area contributed by atoms with Gasteiger partial charge in [0, 0.05) is 19.2 Å². The Morgan fingerprint density at radius 1 is 1.24 bits per heavy atom. The zero-order valence-corrected chi connectivity index (χ0v) is 10.2. The lowest BCUT2D eigenvalue weighted by atomic mass is 10.2. The molecule has 6 heteroatoms. The lowest BCUT2D eigenvalue weighted by molar-refractivity contribution is 0.187. The Kier molecular flexibility index (Phi) is 3.43. The molecule has 0 radical (unpaired) electrons. The van der Waals surface area contributed by atoms with Gasteiger partial charge >= 0.3 is 0 Å². The SMILES string of the molecule is COCCn1cnnc1-c1cc(C)nnc1C. The summed E-state index contributed by atoms with van der Waals surface area (Å²) in [4.78, 5) is 0. The van der Waals surface area contributed by atoms with E-state index in [1.165, 1.54) is 0 Å². The normalized spacial score (nSPS) is 10.8. The standard InChI is InChI=1S/C11H15N5O/c1-8-6-10(9(2)14-13-8)11-15-12-7-16(11)4-5-17-3/h6-7H,4-5H2,1-3H3. The van der Waals surface area contributed by atoms with Crippen LogP contribution in [0.25, 0.3) is 11.4 Å². The van der Waals surface area contributed by atoms with Crippen LogP contribution in [-0.2, 0) is 11.3 Å². The summed E-state index contributed by atoms with van der Waals surface area (Å²) in [7, 11) is 1.67. The van der Waals surface area contributed by atoms with E-state index in [0.29, 0.717) is 6.61 Å². The van der Waals surface area contributed by atoms with Crippen LogP contribution in [-0.4, -0.2) is 38.7 Å². The summed E-state index contributed by atoms with van der Waals surface area (Å²) in [5, 5.41) is 16.2. The highest BCUT2D eigenvalue weighted by Gasteiger charge is 2.11. The number of ether oxygens (including phenoxy) is 1. The number of aryl methyl sites for hydroxylation is 2. The fourth-order valence-corrected chi connectivity index (χ4v) is 1.59. The molecule has 90 valence electrons. The van der Waals surface area contributed by atoms with Crippen molar-refractivity contribution in [1.82, 2.24) is 25.0 Å². The number of hydrogen-bond donors (Lipinski definition) is 0. The minimum atomic E-state index is 0.627. The van der Waals surface area contributed by atoms with Crippen LogP contribution in [0, 0.1) is 13.8 Å². The van der Waals surface area contributed by atoms with Gasteiger partial charge < -0.3 is 9.30 Å². The molecule has 0 aromatic carbocycles. The average molecular weight is 233 g/mol. The van der Waals surface area contributed by atoms with Crippen molar-refractivity contribution in [3.05, 3.63) is 23.8 Å². The van der Waals surface area contributed by atoms with E-state index in [1.807, 2.05) is 24.5 Å². The molecular formula is C11H15N5O. The molecule has 2 aromatic heterocycles. The van der Waals surface area contributed by atoms with Gasteiger partial charge in [-0.15, -0.1) is 10.2 Å². The van der Waals surface area contributed by atoms with Crippen molar-refractivity contribution < 1.29 is 4.74 Å². The first-order valence-electron chi connectivity index (χ1n) is 5.40. The molecule has 0 saturated heterocycles. The number of hydrogen-bond acceptors (Lipinski definition) is 5. The summed E-state index contributed by atoms with van der Waals surface area (Å²) in [6.07, 6.45) is 1.70. The number of methoxy groups -OCH3 is 1. The molecule has 0 spiro atoms. The van der Waals surface area contributed by atoms with Crippen LogP contribution in [0.5, 0.6) is 0 Å². The minimum absolute atomic E-state index is 0.627. The molecule has 2 aromatic rings. The number of nitrogens with zero attached hydrogens (tertiary/aromatic N) is 5. The van der Waals surface area contributed by atoms with Gasteiger partial charge in [0.1, 0.15) is 6.33 Å². The molecule has 0 N–H and O–H groups in total. The summed E-state index contributed by atoms with van der Waals surface area (Å²) in [6, 6.07) is 1.97. The van der Waals surface area contributed by atoms with Crippen molar-refractivity contribution in [2.75, 3.05) is 13.7 Å². The summed E-state index contributed by atoms with van der Waals surface area (Å²) >= 11 is 0. The van der Waals surface area contributed by atoms with Crippen LogP contribution in [0.2, 0.25) is 0 Å². The van der Waals surface area contributed by atoms with Gasteiger partial charge in [0.05, 0.1) is 18.0 Å². The van der Waals surface area contributed by atoms with Gasteiger partial charge in [-0.2, -0.15) is 10.2 Å². The largest absolute Gasteiger partial charge is 0.383 e. The van der Waals surface area contributed by atoms with E-state index in [-0.39, 0.29) is 0 Å². The molecule has 17 heavy (non-hydrogen) atoms. The molecule has 2 heterocycles. The van der Waals surface area contributed by atoms with Gasteiger partial charge in [0.25, 0.3) is 0 Å². The van der Waals surface area contributed by atoms with Gasteiger partial charge in [-0.05, 0) is 19.9 Å². The average Bonchev–Trinajstić information content (AvgIpc) is 2.77. The molecule has 0 bridgehead atoms. The molecule has 0 fully saturated rings. The third kappa shape index (κ3) is 2.47. The first-order chi connectivity index (χ1) is 8.22. The highest BCUT2D eigenvalue weighted by Crippen LogP contribution is 2.19. The molecule has 2 rings (SSSR count). The molecule has 0 saturated carbocycles. The second-order valence-electron chi connectivity index (χ2n) is 3.83. The van der Waals surface area contributed by atoms with Crippen molar-refractivity contribution in [3.8, 4) is 11.4 Å². The molecule has 0 aliphatic heterocycles. The monoisotopic (exact) mass is 233 g/mol. The fourth-order valence-electron chi connectivity index (χ4n) is 1.59. The summed E-state index contributed by atoms with van der Waals surface area (Å²) < 4.78 is 7.01. The van der Waals surface area contributed by atoms with E-state index in [1.54, 1.807) is 13.4 Å². The Bertz CT molecular complexity index is 508. The first-order valence-corrected chi connectivity index (χ1v) is 5.40. The van der Waals surface area contributed by atoms with Crippen molar-refractivity contribution in [1.29, 1.82) is 0 Å². The maximum Gasteiger partial charge on any atom is 0.165 e. The van der Waals surface area contributed by atoms with Crippen LogP contribution in [0.4, 0.5) is 0 Å². The Morgan fingerprint density at radius 2 is 2.06 bits per heavy atom. The zero-order valence-electron chi connectivity index (χ0n) is 10.2. The maximum absolute atomic E-state index is 5.06. The molecule has 0 aliphatic carbocycles. The maximum atomic E-state index is 5.06. The summed E-state index contributed by atoms with van der Waals surface area (Å²) in [5.74, 6) is 0.803. The zero-order chi connectivity index (χ0) is 12.3. The molecule has 0 unspecified atom stereocenters. The lowest BCUT2D eigenvalue weighted by Gasteiger charge is -2.07. The number of aromatic nitrogens is 5. The van der Waals surface area contributed by atoms with Crippen LogP contribution >= 0.6 is 0 Å². The molecule has 0 aliphatic rings. The molecular weight excluding hydrogens is 218 g/mol. The highest BCUT2D eigenvalue weighted by atomic mass is 16.5. The van der Waals surface area contributed by atoms with E-state index in [9.17, 15) is 0 Å².